The Bertz CT molecular complexity index is 359. The molecule has 2 rings (SSSR count). The van der Waals surface area contributed by atoms with E-state index in [4.69, 9.17) is 4.74 Å². The van der Waals surface area contributed by atoms with Crippen molar-refractivity contribution in [3.05, 3.63) is 0 Å². The Morgan fingerprint density at radius 2 is 1.96 bits per heavy atom. The van der Waals surface area contributed by atoms with Crippen LogP contribution in [0.1, 0.15) is 39.5 Å². The van der Waals surface area contributed by atoms with Gasteiger partial charge in [0.2, 0.25) is 0 Å². The summed E-state index contributed by atoms with van der Waals surface area (Å²) < 4.78 is 5.44. The standard InChI is InChI=1S/C18H36N4O.HI/c1-16(2)6-4-5-8-20-18(19-3)22-9-7-17(15-22)14-21-10-12-23-13-11-21;/h16-17H,4-15H2,1-3H3,(H,19,20);1H. The lowest BCUT2D eigenvalue weighted by Crippen LogP contribution is -2.42. The summed E-state index contributed by atoms with van der Waals surface area (Å²) in [5.41, 5.74) is 0. The summed E-state index contributed by atoms with van der Waals surface area (Å²) in [6.45, 7) is 13.1. The van der Waals surface area contributed by atoms with Crippen LogP contribution >= 0.6 is 24.0 Å². The lowest BCUT2D eigenvalue weighted by Gasteiger charge is -2.29. The van der Waals surface area contributed by atoms with Crippen molar-refractivity contribution in [3.63, 3.8) is 0 Å². The van der Waals surface area contributed by atoms with Crippen molar-refractivity contribution >= 4 is 29.9 Å². The molecule has 0 aliphatic carbocycles. The third-order valence-electron chi connectivity index (χ3n) is 4.91. The first-order chi connectivity index (χ1) is 11.2. The van der Waals surface area contributed by atoms with Crippen LogP contribution in [0.25, 0.3) is 0 Å². The number of unbranched alkanes of at least 4 members (excludes halogenated alkanes) is 1. The molecule has 2 heterocycles. The van der Waals surface area contributed by atoms with Gasteiger partial charge in [-0.2, -0.15) is 0 Å². The van der Waals surface area contributed by atoms with Crippen LogP contribution in [0.3, 0.4) is 0 Å². The molecule has 5 nitrogen and oxygen atoms in total. The van der Waals surface area contributed by atoms with Crippen LogP contribution in [-0.4, -0.2) is 75.3 Å². The van der Waals surface area contributed by atoms with Gasteiger partial charge in [0, 0.05) is 46.3 Å². The molecular weight excluding hydrogens is 415 g/mol. The Kier molecular flexibility index (Phi) is 11.3. The second-order valence-electron chi connectivity index (χ2n) is 7.38. The monoisotopic (exact) mass is 452 g/mol. The highest BCUT2D eigenvalue weighted by Gasteiger charge is 2.26. The minimum atomic E-state index is 0. The van der Waals surface area contributed by atoms with E-state index in [9.17, 15) is 0 Å². The first kappa shape index (κ1) is 22.0. The summed E-state index contributed by atoms with van der Waals surface area (Å²) in [5.74, 6) is 2.68. The van der Waals surface area contributed by atoms with Crippen LogP contribution in [0, 0.1) is 11.8 Å². The fourth-order valence-corrected chi connectivity index (χ4v) is 3.53. The molecular formula is C18H37IN4O. The normalized spacial score (nSPS) is 22.8. The molecule has 2 fully saturated rings. The van der Waals surface area contributed by atoms with Crippen LogP contribution in [-0.2, 0) is 4.74 Å². The maximum absolute atomic E-state index is 5.44. The molecule has 0 radical (unpaired) electrons. The number of aliphatic imine (C=N–C) groups is 1. The minimum Gasteiger partial charge on any atom is -0.379 e. The molecule has 0 saturated carbocycles. The fraction of sp³-hybridized carbons (Fsp3) is 0.944. The first-order valence-corrected chi connectivity index (χ1v) is 9.44. The number of hydrogen-bond donors (Lipinski definition) is 1. The van der Waals surface area contributed by atoms with Crippen molar-refractivity contribution < 1.29 is 4.74 Å². The van der Waals surface area contributed by atoms with Gasteiger partial charge in [0.1, 0.15) is 0 Å². The molecule has 2 aliphatic rings. The van der Waals surface area contributed by atoms with Crippen molar-refractivity contribution in [3.8, 4) is 0 Å². The number of likely N-dealkylation sites (tertiary alicyclic amines) is 1. The lowest BCUT2D eigenvalue weighted by molar-refractivity contribution is 0.0315. The summed E-state index contributed by atoms with van der Waals surface area (Å²) in [6.07, 6.45) is 5.15. The number of rotatable bonds is 7. The zero-order valence-electron chi connectivity index (χ0n) is 15.8. The average Bonchev–Trinajstić information content (AvgIpc) is 3.00. The predicted octanol–water partition coefficient (Wildman–Crippen LogP) is 2.66. The average molecular weight is 452 g/mol. The summed E-state index contributed by atoms with van der Waals surface area (Å²) >= 11 is 0. The molecule has 6 heteroatoms. The summed E-state index contributed by atoms with van der Waals surface area (Å²) in [6, 6.07) is 0. The highest BCUT2D eigenvalue weighted by Crippen LogP contribution is 2.18. The maximum Gasteiger partial charge on any atom is 0.193 e. The summed E-state index contributed by atoms with van der Waals surface area (Å²) in [7, 11) is 1.91. The third kappa shape index (κ3) is 7.87. The SMILES string of the molecule is CN=C(NCCCCC(C)C)N1CCC(CN2CCOCC2)C1.I. The number of morpholine rings is 1. The molecule has 1 atom stereocenters. The zero-order valence-corrected chi connectivity index (χ0v) is 18.1. The lowest BCUT2D eigenvalue weighted by atomic mass is 10.1. The van der Waals surface area contributed by atoms with E-state index >= 15 is 0 Å². The zero-order chi connectivity index (χ0) is 16.5. The minimum absolute atomic E-state index is 0. The van der Waals surface area contributed by atoms with Crippen molar-refractivity contribution in [2.24, 2.45) is 16.8 Å². The second-order valence-corrected chi connectivity index (χ2v) is 7.38. The molecule has 2 aliphatic heterocycles. The topological polar surface area (TPSA) is 40.1 Å². The number of halogens is 1. The van der Waals surface area contributed by atoms with Gasteiger partial charge in [-0.15, -0.1) is 24.0 Å². The summed E-state index contributed by atoms with van der Waals surface area (Å²) in [5, 5.41) is 3.55. The van der Waals surface area contributed by atoms with Crippen LogP contribution in [0.4, 0.5) is 0 Å². The Morgan fingerprint density at radius 1 is 1.21 bits per heavy atom. The Labute approximate surface area is 165 Å². The predicted molar refractivity (Wildman–Crippen MR) is 112 cm³/mol. The van der Waals surface area contributed by atoms with Gasteiger partial charge in [-0.25, -0.2) is 0 Å². The van der Waals surface area contributed by atoms with Crippen LogP contribution in [0.15, 0.2) is 4.99 Å². The van der Waals surface area contributed by atoms with Gasteiger partial charge in [0.25, 0.3) is 0 Å². The van der Waals surface area contributed by atoms with Gasteiger partial charge < -0.3 is 15.0 Å². The van der Waals surface area contributed by atoms with E-state index in [1.807, 2.05) is 7.05 Å². The van der Waals surface area contributed by atoms with Crippen molar-refractivity contribution in [2.45, 2.75) is 39.5 Å². The molecule has 0 amide bonds. The second kappa shape index (κ2) is 12.3. The van der Waals surface area contributed by atoms with Gasteiger partial charge in [-0.3, -0.25) is 9.89 Å². The van der Waals surface area contributed by atoms with E-state index in [0.717, 1.165) is 63.7 Å². The van der Waals surface area contributed by atoms with E-state index in [1.165, 1.54) is 32.2 Å². The van der Waals surface area contributed by atoms with Crippen LogP contribution in [0.2, 0.25) is 0 Å². The molecule has 24 heavy (non-hydrogen) atoms. The van der Waals surface area contributed by atoms with E-state index in [0.29, 0.717) is 0 Å². The van der Waals surface area contributed by atoms with Crippen molar-refractivity contribution in [2.75, 3.05) is 59.5 Å². The number of nitrogens with zero attached hydrogens (tertiary/aromatic N) is 3. The molecule has 0 bridgehead atoms. The number of hydrogen-bond acceptors (Lipinski definition) is 3. The Hall–Kier alpha value is -0.0800. The molecule has 2 saturated heterocycles. The highest BCUT2D eigenvalue weighted by molar-refractivity contribution is 14.0. The van der Waals surface area contributed by atoms with Gasteiger partial charge in [-0.05, 0) is 24.7 Å². The molecule has 1 unspecified atom stereocenters. The van der Waals surface area contributed by atoms with Gasteiger partial charge in [-0.1, -0.05) is 26.7 Å². The van der Waals surface area contributed by atoms with E-state index in [-0.39, 0.29) is 24.0 Å². The molecule has 0 aromatic carbocycles. The van der Waals surface area contributed by atoms with Gasteiger partial charge in [0.15, 0.2) is 5.96 Å². The maximum atomic E-state index is 5.44. The molecule has 1 N–H and O–H groups in total. The van der Waals surface area contributed by atoms with Gasteiger partial charge >= 0.3 is 0 Å². The first-order valence-electron chi connectivity index (χ1n) is 9.44. The summed E-state index contributed by atoms with van der Waals surface area (Å²) in [4.78, 5) is 9.48. The van der Waals surface area contributed by atoms with Crippen molar-refractivity contribution in [1.82, 2.24) is 15.1 Å². The van der Waals surface area contributed by atoms with Crippen molar-refractivity contribution in [1.29, 1.82) is 0 Å². The molecule has 0 aromatic rings. The molecule has 142 valence electrons. The van der Waals surface area contributed by atoms with E-state index in [2.05, 4.69) is 34.0 Å². The van der Waals surface area contributed by atoms with Gasteiger partial charge in [0.05, 0.1) is 13.2 Å². The number of nitrogens with one attached hydrogen (secondary N) is 1. The Morgan fingerprint density at radius 3 is 2.62 bits per heavy atom. The van der Waals surface area contributed by atoms with E-state index < -0.39 is 0 Å². The number of ether oxygens (including phenoxy) is 1. The Balaban J connectivity index is 0.00000288. The van der Waals surface area contributed by atoms with E-state index in [1.54, 1.807) is 0 Å². The fourth-order valence-electron chi connectivity index (χ4n) is 3.53. The van der Waals surface area contributed by atoms with Crippen LogP contribution < -0.4 is 5.32 Å². The molecule has 0 spiro atoms. The molecule has 0 aromatic heterocycles. The quantitative estimate of drug-likeness (QED) is 0.279. The highest BCUT2D eigenvalue weighted by atomic mass is 127. The third-order valence-corrected chi connectivity index (χ3v) is 4.91. The smallest absolute Gasteiger partial charge is 0.193 e. The van der Waals surface area contributed by atoms with Crippen LogP contribution in [0.5, 0.6) is 0 Å². The number of guanidine groups is 1. The largest absolute Gasteiger partial charge is 0.379 e.